The van der Waals surface area contributed by atoms with Crippen molar-refractivity contribution in [2.45, 2.75) is 50.2 Å². The second-order valence-corrected chi connectivity index (χ2v) is 6.51. The molecule has 0 spiro atoms. The third-order valence-corrected chi connectivity index (χ3v) is 4.87. The van der Waals surface area contributed by atoms with Crippen LogP contribution in [0.4, 0.5) is 0 Å². The minimum absolute atomic E-state index is 0. The van der Waals surface area contributed by atoms with Crippen LogP contribution in [-0.4, -0.2) is 36.0 Å². The van der Waals surface area contributed by atoms with Crippen molar-refractivity contribution >= 4 is 29.9 Å². The molecule has 2 unspecified atom stereocenters. The molecule has 2 fully saturated rings. The molecule has 2 aliphatic rings. The van der Waals surface area contributed by atoms with Crippen LogP contribution in [0.2, 0.25) is 5.02 Å². The van der Waals surface area contributed by atoms with E-state index in [1.165, 1.54) is 12.8 Å². The van der Waals surface area contributed by atoms with Gasteiger partial charge in [-0.2, -0.15) is 0 Å². The number of rotatable bonds is 3. The van der Waals surface area contributed by atoms with Crippen LogP contribution in [0.25, 0.3) is 0 Å². The number of hydrogen-bond donors (Lipinski definition) is 1. The molecule has 2 bridgehead atoms. The van der Waals surface area contributed by atoms with Crippen molar-refractivity contribution in [3.63, 3.8) is 0 Å². The Morgan fingerprint density at radius 1 is 1.33 bits per heavy atom. The topological polar surface area (TPSA) is 32.3 Å². The molecule has 1 N–H and O–H groups in total. The Kier molecular flexibility index (Phi) is 5.53. The fraction of sp³-hybridized carbons (Fsp3) is 0.562. The number of likely N-dealkylation sites (N-methyl/N-ethyl adjacent to an activating group) is 1. The Morgan fingerprint density at radius 2 is 2.00 bits per heavy atom. The minimum atomic E-state index is 0. The lowest BCUT2D eigenvalue weighted by Crippen LogP contribution is -2.49. The van der Waals surface area contributed by atoms with Crippen LogP contribution >= 0.6 is 24.0 Å². The van der Waals surface area contributed by atoms with Crippen LogP contribution in [0.3, 0.4) is 0 Å². The summed E-state index contributed by atoms with van der Waals surface area (Å²) in [4.78, 5) is 14.4. The number of benzene rings is 1. The van der Waals surface area contributed by atoms with Crippen molar-refractivity contribution in [3.8, 4) is 0 Å². The summed E-state index contributed by atoms with van der Waals surface area (Å²) in [6, 6.07) is 9.18. The van der Waals surface area contributed by atoms with Crippen LogP contribution in [-0.2, 0) is 11.2 Å². The summed E-state index contributed by atoms with van der Waals surface area (Å²) in [5.74, 6) is 0.193. The maximum Gasteiger partial charge on any atom is 0.226 e. The van der Waals surface area contributed by atoms with Crippen molar-refractivity contribution in [2.24, 2.45) is 0 Å². The van der Waals surface area contributed by atoms with E-state index in [2.05, 4.69) is 5.32 Å². The summed E-state index contributed by atoms with van der Waals surface area (Å²) in [7, 11) is 1.95. The smallest absolute Gasteiger partial charge is 0.226 e. The Hall–Kier alpha value is -0.770. The van der Waals surface area contributed by atoms with Crippen molar-refractivity contribution in [2.75, 3.05) is 7.05 Å². The molecule has 1 amide bonds. The standard InChI is InChI=1S/C16H21ClN2O.ClH/c1-19(15-9-13-5-6-14(10-15)18-13)16(20)8-11-3-2-4-12(17)7-11;/h2-4,7,13-15,18H,5-6,8-10H2,1H3;1H. The number of hydrogen-bond acceptors (Lipinski definition) is 2. The Balaban J connectivity index is 0.00000161. The minimum Gasteiger partial charge on any atom is -0.342 e. The quantitative estimate of drug-likeness (QED) is 0.924. The summed E-state index contributed by atoms with van der Waals surface area (Å²) >= 11 is 5.97. The monoisotopic (exact) mass is 328 g/mol. The van der Waals surface area contributed by atoms with Crippen LogP contribution in [0.1, 0.15) is 31.2 Å². The Labute approximate surface area is 137 Å². The van der Waals surface area contributed by atoms with E-state index in [9.17, 15) is 4.79 Å². The molecule has 1 aromatic carbocycles. The van der Waals surface area contributed by atoms with E-state index < -0.39 is 0 Å². The van der Waals surface area contributed by atoms with Gasteiger partial charge in [0.15, 0.2) is 0 Å². The highest BCUT2D eigenvalue weighted by molar-refractivity contribution is 6.30. The summed E-state index contributed by atoms with van der Waals surface area (Å²) in [5, 5.41) is 4.31. The number of piperidine rings is 1. The van der Waals surface area contributed by atoms with E-state index >= 15 is 0 Å². The van der Waals surface area contributed by atoms with Crippen molar-refractivity contribution in [3.05, 3.63) is 34.9 Å². The molecule has 0 radical (unpaired) electrons. The largest absolute Gasteiger partial charge is 0.342 e. The van der Waals surface area contributed by atoms with Gasteiger partial charge in [0.2, 0.25) is 5.91 Å². The van der Waals surface area contributed by atoms with Gasteiger partial charge in [-0.1, -0.05) is 23.7 Å². The van der Waals surface area contributed by atoms with Crippen molar-refractivity contribution in [1.29, 1.82) is 0 Å². The molecule has 3 rings (SSSR count). The van der Waals surface area contributed by atoms with E-state index in [0.29, 0.717) is 29.6 Å². The number of carbonyl (C=O) groups excluding carboxylic acids is 1. The molecule has 2 saturated heterocycles. The van der Waals surface area contributed by atoms with Crippen LogP contribution in [0.15, 0.2) is 24.3 Å². The van der Waals surface area contributed by atoms with E-state index in [4.69, 9.17) is 11.6 Å². The molecule has 0 saturated carbocycles. The van der Waals surface area contributed by atoms with Gasteiger partial charge in [0.05, 0.1) is 6.42 Å². The van der Waals surface area contributed by atoms with E-state index in [-0.39, 0.29) is 18.3 Å². The number of carbonyl (C=O) groups is 1. The zero-order valence-electron chi connectivity index (χ0n) is 12.2. The molecular weight excluding hydrogens is 307 g/mol. The number of fused-ring (bicyclic) bond motifs is 2. The third-order valence-electron chi connectivity index (χ3n) is 4.63. The lowest BCUT2D eigenvalue weighted by molar-refractivity contribution is -0.131. The lowest BCUT2D eigenvalue weighted by Gasteiger charge is -2.35. The first-order chi connectivity index (χ1) is 9.61. The second-order valence-electron chi connectivity index (χ2n) is 6.07. The highest BCUT2D eigenvalue weighted by Gasteiger charge is 2.36. The van der Waals surface area contributed by atoms with Gasteiger partial charge in [0.25, 0.3) is 0 Å². The van der Waals surface area contributed by atoms with Gasteiger partial charge in [0, 0.05) is 30.2 Å². The van der Waals surface area contributed by atoms with Crippen LogP contribution in [0, 0.1) is 0 Å². The SMILES string of the molecule is CN(C(=O)Cc1cccc(Cl)c1)C1CC2CCC(C1)N2.Cl. The van der Waals surface area contributed by atoms with Crippen LogP contribution in [0.5, 0.6) is 0 Å². The average Bonchev–Trinajstić information content (AvgIpc) is 2.76. The molecule has 2 heterocycles. The van der Waals surface area contributed by atoms with Gasteiger partial charge in [-0.3, -0.25) is 4.79 Å². The third kappa shape index (κ3) is 3.91. The summed E-state index contributed by atoms with van der Waals surface area (Å²) in [6.45, 7) is 0. The first-order valence-corrected chi connectivity index (χ1v) is 7.76. The molecule has 2 aliphatic heterocycles. The molecule has 3 nitrogen and oxygen atoms in total. The molecule has 116 valence electrons. The maximum absolute atomic E-state index is 12.4. The Bertz CT molecular complexity index is 497. The molecule has 2 atom stereocenters. The summed E-state index contributed by atoms with van der Waals surface area (Å²) in [6.07, 6.45) is 5.15. The first kappa shape index (κ1) is 16.6. The van der Waals surface area contributed by atoms with Gasteiger partial charge < -0.3 is 10.2 Å². The predicted molar refractivity (Wildman–Crippen MR) is 88.1 cm³/mol. The fourth-order valence-electron chi connectivity index (χ4n) is 3.49. The van der Waals surface area contributed by atoms with Crippen molar-refractivity contribution < 1.29 is 4.79 Å². The fourth-order valence-corrected chi connectivity index (χ4v) is 3.71. The molecule has 0 aromatic heterocycles. The number of nitrogens with zero attached hydrogens (tertiary/aromatic N) is 1. The van der Waals surface area contributed by atoms with E-state index in [0.717, 1.165) is 18.4 Å². The Morgan fingerprint density at radius 3 is 2.62 bits per heavy atom. The maximum atomic E-state index is 12.4. The lowest BCUT2D eigenvalue weighted by atomic mass is 9.98. The normalized spacial score (nSPS) is 27.0. The molecule has 1 aromatic rings. The summed E-state index contributed by atoms with van der Waals surface area (Å²) < 4.78 is 0. The molecule has 21 heavy (non-hydrogen) atoms. The highest BCUT2D eigenvalue weighted by atomic mass is 35.5. The van der Waals surface area contributed by atoms with Gasteiger partial charge in [-0.05, 0) is 43.4 Å². The van der Waals surface area contributed by atoms with Gasteiger partial charge >= 0.3 is 0 Å². The van der Waals surface area contributed by atoms with Gasteiger partial charge in [-0.15, -0.1) is 12.4 Å². The zero-order valence-corrected chi connectivity index (χ0v) is 13.8. The van der Waals surface area contributed by atoms with Crippen LogP contribution < -0.4 is 5.32 Å². The number of amides is 1. The number of halogens is 2. The zero-order chi connectivity index (χ0) is 14.1. The molecule has 5 heteroatoms. The van der Waals surface area contributed by atoms with Gasteiger partial charge in [0.1, 0.15) is 0 Å². The van der Waals surface area contributed by atoms with Gasteiger partial charge in [-0.25, -0.2) is 0 Å². The molecular formula is C16H22Cl2N2O. The first-order valence-electron chi connectivity index (χ1n) is 7.38. The van der Waals surface area contributed by atoms with E-state index in [1.54, 1.807) is 0 Å². The number of nitrogens with one attached hydrogen (secondary N) is 1. The van der Waals surface area contributed by atoms with Crippen molar-refractivity contribution in [1.82, 2.24) is 10.2 Å². The predicted octanol–water partition coefficient (Wildman–Crippen LogP) is 3.05. The second kappa shape index (κ2) is 6.99. The average molecular weight is 329 g/mol. The summed E-state index contributed by atoms with van der Waals surface area (Å²) in [5.41, 5.74) is 0.992. The molecule has 0 aliphatic carbocycles. The van der Waals surface area contributed by atoms with E-state index in [1.807, 2.05) is 36.2 Å². The highest BCUT2D eigenvalue weighted by Crippen LogP contribution is 2.29.